The van der Waals surface area contributed by atoms with E-state index in [0.29, 0.717) is 4.47 Å². The number of rotatable bonds is 3. The second kappa shape index (κ2) is 6.30. The highest BCUT2D eigenvalue weighted by Crippen LogP contribution is 2.34. The van der Waals surface area contributed by atoms with Crippen molar-refractivity contribution in [2.75, 3.05) is 4.72 Å². The van der Waals surface area contributed by atoms with Gasteiger partial charge in [0.2, 0.25) is 0 Å². The van der Waals surface area contributed by atoms with Gasteiger partial charge in [-0.05, 0) is 30.3 Å². The molecule has 21 heavy (non-hydrogen) atoms. The number of nitrogens with one attached hydrogen (secondary N) is 1. The van der Waals surface area contributed by atoms with Crippen molar-refractivity contribution >= 4 is 66.4 Å². The first-order valence-electron chi connectivity index (χ1n) is 5.33. The maximum Gasteiger partial charge on any atom is 0.264 e. The van der Waals surface area contributed by atoms with Crippen LogP contribution in [0.5, 0.6) is 0 Å². The Hall–Kier alpha value is -0.530. The van der Waals surface area contributed by atoms with Gasteiger partial charge in [-0.3, -0.25) is 4.72 Å². The van der Waals surface area contributed by atoms with Crippen molar-refractivity contribution in [3.63, 3.8) is 0 Å². The normalized spacial score (nSPS) is 11.5. The predicted molar refractivity (Wildman–Crippen MR) is 86.4 cm³/mol. The van der Waals surface area contributed by atoms with Crippen LogP contribution in [0, 0.1) is 5.82 Å². The minimum Gasteiger partial charge on any atom is -0.279 e. The highest BCUT2D eigenvalue weighted by molar-refractivity contribution is 9.10. The summed E-state index contributed by atoms with van der Waals surface area (Å²) in [6.07, 6.45) is 0. The van der Waals surface area contributed by atoms with Gasteiger partial charge in [-0.15, -0.1) is 0 Å². The predicted octanol–water partition coefficient (Wildman–Crippen LogP) is 5.35. The zero-order valence-electron chi connectivity index (χ0n) is 10.0. The Labute approximate surface area is 144 Å². The molecule has 2 rings (SSSR count). The van der Waals surface area contributed by atoms with E-state index >= 15 is 0 Å². The van der Waals surface area contributed by atoms with E-state index in [2.05, 4.69) is 20.7 Å². The van der Waals surface area contributed by atoms with Crippen LogP contribution in [0.2, 0.25) is 15.1 Å². The van der Waals surface area contributed by atoms with Crippen LogP contribution in [-0.2, 0) is 10.0 Å². The minimum absolute atomic E-state index is 0.00644. The zero-order valence-corrected chi connectivity index (χ0v) is 14.7. The summed E-state index contributed by atoms with van der Waals surface area (Å²) >= 11 is 20.5. The van der Waals surface area contributed by atoms with Gasteiger partial charge in [0.1, 0.15) is 10.7 Å². The molecular formula is C12H6BrCl3FNO2S. The SMILES string of the molecule is O=S(=O)(Nc1ccc(Cl)c(F)c1)c1c(Cl)cc(Br)cc1Cl. The minimum atomic E-state index is -4.07. The molecule has 0 amide bonds. The molecule has 112 valence electrons. The van der Waals surface area contributed by atoms with Gasteiger partial charge in [0.05, 0.1) is 20.8 Å². The lowest BCUT2D eigenvalue weighted by atomic mass is 10.3. The van der Waals surface area contributed by atoms with Gasteiger partial charge in [0.15, 0.2) is 0 Å². The number of halogens is 5. The van der Waals surface area contributed by atoms with Crippen molar-refractivity contribution in [2.24, 2.45) is 0 Å². The monoisotopic (exact) mass is 431 g/mol. The van der Waals surface area contributed by atoms with Gasteiger partial charge in [0, 0.05) is 4.47 Å². The lowest BCUT2D eigenvalue weighted by Crippen LogP contribution is -2.14. The van der Waals surface area contributed by atoms with E-state index in [0.717, 1.165) is 6.07 Å². The van der Waals surface area contributed by atoms with E-state index in [1.165, 1.54) is 24.3 Å². The number of hydrogen-bond acceptors (Lipinski definition) is 2. The third kappa shape index (κ3) is 3.81. The van der Waals surface area contributed by atoms with E-state index in [-0.39, 0.29) is 25.7 Å². The summed E-state index contributed by atoms with van der Waals surface area (Å²) in [5, 5.41) is -0.231. The molecule has 0 saturated carbocycles. The molecule has 0 aliphatic rings. The quantitative estimate of drug-likeness (QED) is 0.709. The van der Waals surface area contributed by atoms with Crippen molar-refractivity contribution in [3.05, 3.63) is 55.7 Å². The van der Waals surface area contributed by atoms with Gasteiger partial charge < -0.3 is 0 Å². The van der Waals surface area contributed by atoms with E-state index in [4.69, 9.17) is 34.8 Å². The molecule has 2 aromatic carbocycles. The Morgan fingerprint density at radius 3 is 2.10 bits per heavy atom. The molecule has 0 aromatic heterocycles. The second-order valence-electron chi connectivity index (χ2n) is 3.93. The molecular weight excluding hydrogens is 427 g/mol. The maximum atomic E-state index is 13.3. The van der Waals surface area contributed by atoms with Gasteiger partial charge >= 0.3 is 0 Å². The summed E-state index contributed by atoms with van der Waals surface area (Å²) in [6, 6.07) is 6.30. The molecule has 0 bridgehead atoms. The molecule has 0 fully saturated rings. The summed E-state index contributed by atoms with van der Waals surface area (Å²) < 4.78 is 40.7. The molecule has 0 aliphatic heterocycles. The van der Waals surface area contributed by atoms with Crippen molar-refractivity contribution in [3.8, 4) is 0 Å². The summed E-state index contributed by atoms with van der Waals surface area (Å²) in [4.78, 5) is -0.288. The third-order valence-electron chi connectivity index (χ3n) is 2.40. The number of anilines is 1. The van der Waals surface area contributed by atoms with Gasteiger partial charge in [-0.25, -0.2) is 12.8 Å². The molecule has 1 N–H and O–H groups in total. The topological polar surface area (TPSA) is 46.2 Å². The number of sulfonamides is 1. The number of hydrogen-bond donors (Lipinski definition) is 1. The van der Waals surface area contributed by atoms with E-state index < -0.39 is 15.8 Å². The van der Waals surface area contributed by atoms with E-state index in [9.17, 15) is 12.8 Å². The highest BCUT2D eigenvalue weighted by Gasteiger charge is 2.23. The van der Waals surface area contributed by atoms with Crippen molar-refractivity contribution in [1.29, 1.82) is 0 Å². The molecule has 9 heteroatoms. The summed E-state index contributed by atoms with van der Waals surface area (Å²) in [6.45, 7) is 0. The molecule has 0 radical (unpaired) electrons. The van der Waals surface area contributed by atoms with Gasteiger partial charge in [0.25, 0.3) is 10.0 Å². The van der Waals surface area contributed by atoms with Crippen LogP contribution in [-0.4, -0.2) is 8.42 Å². The van der Waals surface area contributed by atoms with Crippen LogP contribution in [0.4, 0.5) is 10.1 Å². The third-order valence-corrected chi connectivity index (χ3v) is 5.47. The largest absolute Gasteiger partial charge is 0.279 e. The summed E-state index contributed by atoms with van der Waals surface area (Å²) in [5.74, 6) is -0.745. The zero-order chi connectivity index (χ0) is 15.8. The molecule has 0 heterocycles. The lowest BCUT2D eigenvalue weighted by Gasteiger charge is -2.11. The molecule has 0 aliphatic carbocycles. The Morgan fingerprint density at radius 1 is 1.00 bits per heavy atom. The fraction of sp³-hybridized carbons (Fsp3) is 0. The molecule has 2 aromatic rings. The Morgan fingerprint density at radius 2 is 1.57 bits per heavy atom. The smallest absolute Gasteiger partial charge is 0.264 e. The van der Waals surface area contributed by atoms with Crippen LogP contribution in [0.3, 0.4) is 0 Å². The molecule has 0 atom stereocenters. The molecule has 0 unspecified atom stereocenters. The Balaban J connectivity index is 2.46. The first kappa shape index (κ1) is 16.8. The van der Waals surface area contributed by atoms with Gasteiger partial charge in [-0.1, -0.05) is 50.7 Å². The standard InChI is InChI=1S/C12H6BrCl3FNO2S/c13-6-3-9(15)12(10(16)4-6)21(19,20)18-7-1-2-8(14)11(17)5-7/h1-5,18H. The first-order chi connectivity index (χ1) is 9.70. The Bertz CT molecular complexity index is 791. The van der Waals surface area contributed by atoms with Crippen molar-refractivity contribution in [2.45, 2.75) is 4.90 Å². The fourth-order valence-electron chi connectivity index (χ4n) is 1.55. The van der Waals surface area contributed by atoms with E-state index in [1.807, 2.05) is 0 Å². The van der Waals surface area contributed by atoms with Crippen molar-refractivity contribution < 1.29 is 12.8 Å². The molecule has 0 saturated heterocycles. The number of benzene rings is 2. The first-order valence-corrected chi connectivity index (χ1v) is 8.74. The van der Waals surface area contributed by atoms with Gasteiger partial charge in [-0.2, -0.15) is 0 Å². The van der Waals surface area contributed by atoms with Crippen molar-refractivity contribution in [1.82, 2.24) is 0 Å². The van der Waals surface area contributed by atoms with Crippen LogP contribution in [0.15, 0.2) is 39.7 Å². The lowest BCUT2D eigenvalue weighted by molar-refractivity contribution is 0.601. The average Bonchev–Trinajstić information content (AvgIpc) is 2.31. The molecule has 3 nitrogen and oxygen atoms in total. The average molecular weight is 434 g/mol. The summed E-state index contributed by atoms with van der Waals surface area (Å²) in [7, 11) is -4.07. The second-order valence-corrected chi connectivity index (χ2v) is 7.69. The van der Waals surface area contributed by atoms with Crippen LogP contribution < -0.4 is 4.72 Å². The maximum absolute atomic E-state index is 13.3. The highest BCUT2D eigenvalue weighted by atomic mass is 79.9. The van der Waals surface area contributed by atoms with Crippen LogP contribution >= 0.6 is 50.7 Å². The molecule has 0 spiro atoms. The van der Waals surface area contributed by atoms with E-state index in [1.54, 1.807) is 0 Å². The fourth-order valence-corrected chi connectivity index (χ4v) is 4.66. The summed E-state index contributed by atoms with van der Waals surface area (Å²) in [5.41, 5.74) is 0.00644. The van der Waals surface area contributed by atoms with Crippen LogP contribution in [0.1, 0.15) is 0 Å². The van der Waals surface area contributed by atoms with Crippen LogP contribution in [0.25, 0.3) is 0 Å². The Kier molecular flexibility index (Phi) is 5.05.